The third-order valence-electron chi connectivity index (χ3n) is 4.99. The van der Waals surface area contributed by atoms with E-state index in [1.807, 2.05) is 31.4 Å². The molecule has 1 aromatic heterocycles. The Labute approximate surface area is 181 Å². The maximum atomic E-state index is 13.3. The molecule has 1 aliphatic rings. The second kappa shape index (κ2) is 10.7. The van der Waals surface area contributed by atoms with Gasteiger partial charge in [-0.05, 0) is 43.0 Å². The van der Waals surface area contributed by atoms with Crippen molar-refractivity contribution in [2.24, 2.45) is 0 Å². The van der Waals surface area contributed by atoms with Crippen molar-refractivity contribution >= 4 is 23.2 Å². The Balaban J connectivity index is 1.52. The predicted octanol–water partition coefficient (Wildman–Crippen LogP) is 2.24. The normalized spacial score (nSPS) is 16.4. The van der Waals surface area contributed by atoms with E-state index >= 15 is 0 Å². The zero-order valence-electron chi connectivity index (χ0n) is 17.4. The number of hydrogen-bond acceptors (Lipinski definition) is 5. The molecule has 2 N–H and O–H groups in total. The SMILES string of the molecule is CC(C)NC(=O)CN1CCN(CC(=O)NC(c2ccc(F)cc2)c2cccs2)CC1. The summed E-state index contributed by atoms with van der Waals surface area (Å²) in [4.78, 5) is 29.9. The van der Waals surface area contributed by atoms with Crippen molar-refractivity contribution in [2.45, 2.75) is 25.9 Å². The number of nitrogens with zero attached hydrogens (tertiary/aromatic N) is 2. The zero-order chi connectivity index (χ0) is 21.5. The Morgan fingerprint density at radius 2 is 1.53 bits per heavy atom. The minimum atomic E-state index is -0.296. The number of carbonyl (C=O) groups is 2. The molecule has 6 nitrogen and oxygen atoms in total. The number of rotatable bonds is 8. The molecule has 1 fully saturated rings. The van der Waals surface area contributed by atoms with Gasteiger partial charge in [0.25, 0.3) is 0 Å². The van der Waals surface area contributed by atoms with Gasteiger partial charge in [-0.2, -0.15) is 0 Å². The number of carbonyl (C=O) groups excluding carboxylic acids is 2. The molecular formula is C22H29FN4O2S. The van der Waals surface area contributed by atoms with Crippen LogP contribution in [-0.4, -0.2) is 66.9 Å². The smallest absolute Gasteiger partial charge is 0.234 e. The van der Waals surface area contributed by atoms with Gasteiger partial charge in [0.15, 0.2) is 0 Å². The Hall–Kier alpha value is -2.29. The molecule has 1 aromatic carbocycles. The minimum absolute atomic E-state index is 0.0364. The van der Waals surface area contributed by atoms with Crippen LogP contribution < -0.4 is 10.6 Å². The highest BCUT2D eigenvalue weighted by Gasteiger charge is 2.23. The number of thiophene rings is 1. The van der Waals surface area contributed by atoms with Gasteiger partial charge < -0.3 is 10.6 Å². The Morgan fingerprint density at radius 1 is 0.967 bits per heavy atom. The van der Waals surface area contributed by atoms with E-state index in [1.165, 1.54) is 12.1 Å². The summed E-state index contributed by atoms with van der Waals surface area (Å²) in [6, 6.07) is 10.0. The standard InChI is InChI=1S/C22H29FN4O2S/c1-16(2)24-20(28)14-26-9-11-27(12-10-26)15-21(29)25-22(19-4-3-13-30-19)17-5-7-18(23)8-6-17/h3-8,13,16,22H,9-12,14-15H2,1-2H3,(H,24,28)(H,25,29). The Bertz CT molecular complexity index is 818. The second-order valence-corrected chi connectivity index (χ2v) is 8.82. The summed E-state index contributed by atoms with van der Waals surface area (Å²) in [6.07, 6.45) is 0. The lowest BCUT2D eigenvalue weighted by Gasteiger charge is -2.34. The first-order chi connectivity index (χ1) is 14.4. The zero-order valence-corrected chi connectivity index (χ0v) is 18.3. The van der Waals surface area contributed by atoms with Gasteiger partial charge in [-0.3, -0.25) is 19.4 Å². The average Bonchev–Trinajstić information content (AvgIpc) is 3.22. The molecule has 1 aliphatic heterocycles. The van der Waals surface area contributed by atoms with Crippen LogP contribution in [0.5, 0.6) is 0 Å². The fourth-order valence-electron chi connectivity index (χ4n) is 3.52. The summed E-state index contributed by atoms with van der Waals surface area (Å²) < 4.78 is 13.3. The van der Waals surface area contributed by atoms with E-state index in [-0.39, 0.29) is 29.7 Å². The lowest BCUT2D eigenvalue weighted by Crippen LogP contribution is -2.52. The van der Waals surface area contributed by atoms with Gasteiger partial charge in [0.2, 0.25) is 11.8 Å². The fraction of sp³-hybridized carbons (Fsp3) is 0.455. The number of halogens is 1. The van der Waals surface area contributed by atoms with Gasteiger partial charge in [-0.1, -0.05) is 18.2 Å². The third-order valence-corrected chi connectivity index (χ3v) is 5.92. The molecule has 0 radical (unpaired) electrons. The number of benzene rings is 1. The molecule has 1 saturated heterocycles. The maximum Gasteiger partial charge on any atom is 0.234 e. The van der Waals surface area contributed by atoms with Gasteiger partial charge in [-0.25, -0.2) is 4.39 Å². The molecule has 2 heterocycles. The van der Waals surface area contributed by atoms with Gasteiger partial charge in [-0.15, -0.1) is 11.3 Å². The third kappa shape index (κ3) is 6.62. The van der Waals surface area contributed by atoms with Crippen LogP contribution in [0.1, 0.15) is 30.3 Å². The highest BCUT2D eigenvalue weighted by Crippen LogP contribution is 2.26. The van der Waals surface area contributed by atoms with E-state index in [0.717, 1.165) is 36.6 Å². The van der Waals surface area contributed by atoms with Crippen LogP contribution in [0.25, 0.3) is 0 Å². The van der Waals surface area contributed by atoms with Gasteiger partial charge in [0.05, 0.1) is 19.1 Å². The van der Waals surface area contributed by atoms with Crippen molar-refractivity contribution in [3.8, 4) is 0 Å². The largest absolute Gasteiger partial charge is 0.353 e. The van der Waals surface area contributed by atoms with Crippen molar-refractivity contribution in [1.82, 2.24) is 20.4 Å². The minimum Gasteiger partial charge on any atom is -0.353 e. The van der Waals surface area contributed by atoms with E-state index in [9.17, 15) is 14.0 Å². The van der Waals surface area contributed by atoms with Gasteiger partial charge in [0.1, 0.15) is 5.82 Å². The van der Waals surface area contributed by atoms with Crippen molar-refractivity contribution < 1.29 is 14.0 Å². The highest BCUT2D eigenvalue weighted by molar-refractivity contribution is 7.10. The van der Waals surface area contributed by atoms with Crippen LogP contribution in [0, 0.1) is 5.82 Å². The van der Waals surface area contributed by atoms with Crippen LogP contribution in [0.15, 0.2) is 41.8 Å². The molecule has 162 valence electrons. The first kappa shape index (κ1) is 22.4. The molecule has 3 rings (SSSR count). The molecule has 0 spiro atoms. The van der Waals surface area contributed by atoms with Crippen molar-refractivity contribution in [2.75, 3.05) is 39.3 Å². The maximum absolute atomic E-state index is 13.3. The highest BCUT2D eigenvalue weighted by atomic mass is 32.1. The van der Waals surface area contributed by atoms with E-state index in [0.29, 0.717) is 13.1 Å². The summed E-state index contributed by atoms with van der Waals surface area (Å²) in [5.74, 6) is -0.326. The van der Waals surface area contributed by atoms with E-state index in [2.05, 4.69) is 20.4 Å². The second-order valence-electron chi connectivity index (χ2n) is 7.84. The molecular weight excluding hydrogens is 403 g/mol. The van der Waals surface area contributed by atoms with Crippen LogP contribution in [0.4, 0.5) is 4.39 Å². The van der Waals surface area contributed by atoms with E-state index < -0.39 is 0 Å². The molecule has 8 heteroatoms. The van der Waals surface area contributed by atoms with Crippen molar-refractivity contribution in [3.05, 3.63) is 58.0 Å². The number of piperazine rings is 1. The first-order valence-electron chi connectivity index (χ1n) is 10.2. The average molecular weight is 433 g/mol. The Kier molecular flexibility index (Phi) is 7.95. The summed E-state index contributed by atoms with van der Waals surface area (Å²) in [7, 11) is 0. The predicted molar refractivity (Wildman–Crippen MR) is 117 cm³/mol. The van der Waals surface area contributed by atoms with Crippen LogP contribution >= 0.6 is 11.3 Å². The molecule has 30 heavy (non-hydrogen) atoms. The summed E-state index contributed by atoms with van der Waals surface area (Å²) in [5.41, 5.74) is 0.855. The molecule has 1 atom stereocenters. The van der Waals surface area contributed by atoms with Gasteiger partial charge in [0, 0.05) is 37.1 Å². The number of nitrogens with one attached hydrogen (secondary N) is 2. The number of hydrogen-bond donors (Lipinski definition) is 2. The van der Waals surface area contributed by atoms with Crippen LogP contribution in [0.2, 0.25) is 0 Å². The topological polar surface area (TPSA) is 64.7 Å². The van der Waals surface area contributed by atoms with Crippen LogP contribution in [-0.2, 0) is 9.59 Å². The monoisotopic (exact) mass is 432 g/mol. The number of amides is 2. The molecule has 0 saturated carbocycles. The summed E-state index contributed by atoms with van der Waals surface area (Å²) in [5, 5.41) is 7.97. The Morgan fingerprint density at radius 3 is 2.03 bits per heavy atom. The van der Waals surface area contributed by atoms with Crippen molar-refractivity contribution in [3.63, 3.8) is 0 Å². The quantitative estimate of drug-likeness (QED) is 0.672. The molecule has 1 unspecified atom stereocenters. The lowest BCUT2D eigenvalue weighted by atomic mass is 10.1. The fourth-order valence-corrected chi connectivity index (χ4v) is 4.32. The molecule has 0 bridgehead atoms. The lowest BCUT2D eigenvalue weighted by molar-refractivity contribution is -0.125. The molecule has 2 aromatic rings. The molecule has 0 aliphatic carbocycles. The summed E-state index contributed by atoms with van der Waals surface area (Å²) in [6.45, 7) is 7.58. The van der Waals surface area contributed by atoms with E-state index in [4.69, 9.17) is 0 Å². The summed E-state index contributed by atoms with van der Waals surface area (Å²) >= 11 is 1.56. The van der Waals surface area contributed by atoms with Gasteiger partial charge >= 0.3 is 0 Å². The first-order valence-corrected chi connectivity index (χ1v) is 11.1. The van der Waals surface area contributed by atoms with E-state index in [1.54, 1.807) is 23.5 Å². The molecule has 2 amide bonds. The van der Waals surface area contributed by atoms with Crippen LogP contribution in [0.3, 0.4) is 0 Å². The van der Waals surface area contributed by atoms with Crippen molar-refractivity contribution in [1.29, 1.82) is 0 Å².